The first-order chi connectivity index (χ1) is 9.15. The molecule has 0 radical (unpaired) electrons. The molecule has 2 aromatic carbocycles. The largest absolute Gasteiger partial charge is 0.344 e. The highest BCUT2D eigenvalue weighted by Crippen LogP contribution is 2.24. The Hall–Kier alpha value is -2.02. The van der Waals surface area contributed by atoms with E-state index < -0.39 is 10.1 Å². The van der Waals surface area contributed by atoms with Gasteiger partial charge in [0.05, 0.1) is 6.61 Å². The number of hydrogen-bond donors (Lipinski definition) is 1. The van der Waals surface area contributed by atoms with Crippen LogP contribution in [0.5, 0.6) is 0 Å². The van der Waals surface area contributed by atoms with Gasteiger partial charge in [0.1, 0.15) is 11.7 Å². The summed E-state index contributed by atoms with van der Waals surface area (Å²) in [7, 11) is -3.72. The smallest absolute Gasteiger partial charge is 0.297 e. The van der Waals surface area contributed by atoms with Crippen molar-refractivity contribution in [1.29, 1.82) is 0 Å². The van der Waals surface area contributed by atoms with E-state index in [1.54, 1.807) is 24.3 Å². The molecule has 0 aliphatic carbocycles. The van der Waals surface area contributed by atoms with Crippen LogP contribution in [-0.2, 0) is 19.1 Å². The molecule has 108 valence electrons. The molecule has 0 saturated heterocycles. The summed E-state index contributed by atoms with van der Waals surface area (Å²) >= 11 is 0. The van der Waals surface area contributed by atoms with Crippen LogP contribution in [0.25, 0.3) is 10.8 Å². The van der Waals surface area contributed by atoms with E-state index in [2.05, 4.69) is 6.58 Å². The Balaban J connectivity index is 0.00000115. The van der Waals surface area contributed by atoms with Crippen LogP contribution in [0.4, 0.5) is 0 Å². The average Bonchev–Trinajstić information content (AvgIpc) is 2.46. The second-order valence-corrected chi connectivity index (χ2v) is 5.09. The number of hydrogen-bond acceptors (Lipinski definition) is 5. The molecule has 0 aromatic heterocycles. The zero-order chi connectivity index (χ0) is 14.3. The Morgan fingerprint density at radius 2 is 1.65 bits per heavy atom. The normalized spacial score (nSPS) is 10.0. The standard InChI is InChI=1S/C13H12O3S.CH2O.H3N/c1-2-10-16-17(14,15)13-9-5-7-11-6-3-4-8-12(11)13;1-2;/h2-9H,1,10H2;1H2;1H3. The fourth-order valence-electron chi connectivity index (χ4n) is 1.61. The van der Waals surface area contributed by atoms with Gasteiger partial charge in [-0.15, -0.1) is 6.58 Å². The van der Waals surface area contributed by atoms with Crippen molar-refractivity contribution in [2.45, 2.75) is 4.90 Å². The van der Waals surface area contributed by atoms with Crippen LogP contribution in [-0.4, -0.2) is 21.8 Å². The number of carbonyl (C=O) groups is 1. The fraction of sp³-hybridized carbons (Fsp3) is 0.0714. The van der Waals surface area contributed by atoms with Gasteiger partial charge in [0, 0.05) is 5.39 Å². The second-order valence-electron chi connectivity index (χ2n) is 3.50. The van der Waals surface area contributed by atoms with Crippen LogP contribution in [0.2, 0.25) is 0 Å². The summed E-state index contributed by atoms with van der Waals surface area (Å²) < 4.78 is 28.7. The van der Waals surface area contributed by atoms with Gasteiger partial charge in [-0.1, -0.05) is 42.5 Å². The maximum Gasteiger partial charge on any atom is 0.297 e. The van der Waals surface area contributed by atoms with E-state index in [4.69, 9.17) is 8.98 Å². The molecule has 0 fully saturated rings. The minimum absolute atomic E-state index is 0. The molecule has 6 heteroatoms. The van der Waals surface area contributed by atoms with Crippen molar-refractivity contribution in [3.8, 4) is 0 Å². The van der Waals surface area contributed by atoms with E-state index in [1.165, 1.54) is 6.08 Å². The molecule has 2 aromatic rings. The maximum absolute atomic E-state index is 11.9. The predicted molar refractivity (Wildman–Crippen MR) is 79.4 cm³/mol. The average molecular weight is 295 g/mol. The van der Waals surface area contributed by atoms with E-state index >= 15 is 0 Å². The Bertz CT molecular complexity index is 662. The van der Waals surface area contributed by atoms with E-state index in [0.29, 0.717) is 5.39 Å². The van der Waals surface area contributed by atoms with Crippen LogP contribution in [0, 0.1) is 0 Å². The molecule has 0 heterocycles. The predicted octanol–water partition coefficient (Wildman–Crippen LogP) is 2.71. The molecule has 3 N–H and O–H groups in total. The minimum Gasteiger partial charge on any atom is -0.344 e. The Morgan fingerprint density at radius 1 is 1.05 bits per heavy atom. The molecule has 2 rings (SSSR count). The van der Waals surface area contributed by atoms with Crippen LogP contribution >= 0.6 is 0 Å². The van der Waals surface area contributed by atoms with Gasteiger partial charge in [0.15, 0.2) is 0 Å². The molecular formula is C14H17NO4S. The van der Waals surface area contributed by atoms with Crippen molar-refractivity contribution < 1.29 is 17.4 Å². The third kappa shape index (κ3) is 3.99. The van der Waals surface area contributed by atoms with E-state index in [-0.39, 0.29) is 17.7 Å². The molecule has 0 aliphatic rings. The third-order valence-electron chi connectivity index (χ3n) is 2.36. The molecular weight excluding hydrogens is 278 g/mol. The fourth-order valence-corrected chi connectivity index (χ4v) is 2.72. The van der Waals surface area contributed by atoms with Gasteiger partial charge in [-0.3, -0.25) is 4.18 Å². The Morgan fingerprint density at radius 3 is 2.30 bits per heavy atom. The topological polar surface area (TPSA) is 95.4 Å². The van der Waals surface area contributed by atoms with E-state index in [9.17, 15) is 8.42 Å². The highest BCUT2D eigenvalue weighted by atomic mass is 32.2. The zero-order valence-electron chi connectivity index (χ0n) is 11.0. The van der Waals surface area contributed by atoms with Gasteiger partial charge in [-0.05, 0) is 11.5 Å². The SMILES string of the molecule is C=CCOS(=O)(=O)c1cccc2ccccc12.C=O.N. The molecule has 20 heavy (non-hydrogen) atoms. The number of carbonyl (C=O) groups excluding carboxylic acids is 1. The number of benzene rings is 2. The lowest BCUT2D eigenvalue weighted by atomic mass is 10.1. The first-order valence-corrected chi connectivity index (χ1v) is 6.83. The number of rotatable bonds is 4. The highest BCUT2D eigenvalue weighted by Gasteiger charge is 2.17. The molecule has 0 saturated carbocycles. The highest BCUT2D eigenvalue weighted by molar-refractivity contribution is 7.87. The molecule has 0 aliphatic heterocycles. The first kappa shape index (κ1) is 18.0. The Labute approximate surface area is 118 Å². The van der Waals surface area contributed by atoms with Gasteiger partial charge >= 0.3 is 0 Å². The lowest BCUT2D eigenvalue weighted by Gasteiger charge is -2.06. The van der Waals surface area contributed by atoms with Gasteiger partial charge < -0.3 is 10.9 Å². The molecule has 0 atom stereocenters. The maximum atomic E-state index is 11.9. The van der Waals surface area contributed by atoms with Gasteiger partial charge in [0.2, 0.25) is 0 Å². The van der Waals surface area contributed by atoms with Crippen LogP contribution < -0.4 is 6.15 Å². The van der Waals surface area contributed by atoms with Gasteiger partial charge in [-0.25, -0.2) is 0 Å². The van der Waals surface area contributed by atoms with Crippen LogP contribution in [0.15, 0.2) is 60.0 Å². The van der Waals surface area contributed by atoms with Crippen molar-refractivity contribution >= 4 is 27.7 Å². The summed E-state index contributed by atoms with van der Waals surface area (Å²) in [6, 6.07) is 12.4. The van der Waals surface area contributed by atoms with Crippen molar-refractivity contribution in [1.82, 2.24) is 6.15 Å². The van der Waals surface area contributed by atoms with E-state index in [0.717, 1.165) is 5.39 Å². The molecule has 5 nitrogen and oxygen atoms in total. The van der Waals surface area contributed by atoms with Gasteiger partial charge in [-0.2, -0.15) is 8.42 Å². The van der Waals surface area contributed by atoms with Crippen LogP contribution in [0.1, 0.15) is 0 Å². The first-order valence-electron chi connectivity index (χ1n) is 5.42. The lowest BCUT2D eigenvalue weighted by Crippen LogP contribution is -2.06. The molecule has 0 spiro atoms. The summed E-state index contributed by atoms with van der Waals surface area (Å²) in [6.45, 7) is 5.41. The molecule has 0 amide bonds. The third-order valence-corrected chi connectivity index (χ3v) is 3.70. The summed E-state index contributed by atoms with van der Waals surface area (Å²) in [5, 5.41) is 1.54. The monoisotopic (exact) mass is 295 g/mol. The Kier molecular flexibility index (Phi) is 7.38. The number of fused-ring (bicyclic) bond motifs is 1. The summed E-state index contributed by atoms with van der Waals surface area (Å²) in [4.78, 5) is 8.19. The zero-order valence-corrected chi connectivity index (χ0v) is 11.8. The lowest BCUT2D eigenvalue weighted by molar-refractivity contribution is -0.0979. The van der Waals surface area contributed by atoms with Crippen molar-refractivity contribution in [2.24, 2.45) is 0 Å². The second kappa shape index (κ2) is 8.21. The van der Waals surface area contributed by atoms with Crippen LogP contribution in [0.3, 0.4) is 0 Å². The van der Waals surface area contributed by atoms with Crippen molar-refractivity contribution in [2.75, 3.05) is 6.61 Å². The van der Waals surface area contributed by atoms with Crippen molar-refractivity contribution in [3.05, 3.63) is 55.1 Å². The van der Waals surface area contributed by atoms with E-state index in [1.807, 2.05) is 25.0 Å². The minimum atomic E-state index is -3.72. The summed E-state index contributed by atoms with van der Waals surface area (Å²) in [6.07, 6.45) is 1.41. The van der Waals surface area contributed by atoms with Crippen molar-refractivity contribution in [3.63, 3.8) is 0 Å². The summed E-state index contributed by atoms with van der Waals surface area (Å²) in [5.41, 5.74) is 0. The summed E-state index contributed by atoms with van der Waals surface area (Å²) in [5.74, 6) is 0. The van der Waals surface area contributed by atoms with Gasteiger partial charge in [0.25, 0.3) is 10.1 Å². The molecule has 0 bridgehead atoms. The molecule has 0 unspecified atom stereocenters. The quantitative estimate of drug-likeness (QED) is 0.691.